The Bertz CT molecular complexity index is 487. The molecule has 24 heavy (non-hydrogen) atoms. The molecule has 1 aliphatic heterocycles. The van der Waals surface area contributed by atoms with Crippen LogP contribution in [0.15, 0.2) is 24.3 Å². The lowest BCUT2D eigenvalue weighted by Crippen LogP contribution is -2.54. The van der Waals surface area contributed by atoms with Crippen molar-refractivity contribution in [2.45, 2.75) is 57.9 Å². The van der Waals surface area contributed by atoms with Gasteiger partial charge in [-0.25, -0.2) is 0 Å². The molecule has 134 valence electrons. The fourth-order valence-electron chi connectivity index (χ4n) is 3.24. The maximum absolute atomic E-state index is 12.5. The maximum atomic E-state index is 12.5. The first-order valence-electron chi connectivity index (χ1n) is 9.47. The van der Waals surface area contributed by atoms with Gasteiger partial charge in [0.15, 0.2) is 0 Å². The number of carbonyl (C=O) groups excluding carboxylic acids is 1. The van der Waals surface area contributed by atoms with Crippen molar-refractivity contribution in [3.63, 3.8) is 0 Å². The molecule has 0 bridgehead atoms. The van der Waals surface area contributed by atoms with Crippen LogP contribution >= 0.6 is 0 Å². The summed E-state index contributed by atoms with van der Waals surface area (Å²) in [5, 5.41) is 12.5. The lowest BCUT2D eigenvalue weighted by molar-refractivity contribution is 0.0671. The number of aryl methyl sites for hydroxylation is 1. The lowest BCUT2D eigenvalue weighted by Gasteiger charge is -2.32. The van der Waals surface area contributed by atoms with Gasteiger partial charge in [0.05, 0.1) is 6.61 Å². The second-order valence-corrected chi connectivity index (χ2v) is 6.80. The Hall–Kier alpha value is -1.39. The van der Waals surface area contributed by atoms with E-state index in [9.17, 15) is 9.90 Å². The van der Waals surface area contributed by atoms with Gasteiger partial charge in [-0.15, -0.1) is 0 Å². The van der Waals surface area contributed by atoms with E-state index in [4.69, 9.17) is 0 Å². The first-order chi connectivity index (χ1) is 11.7. The highest BCUT2D eigenvalue weighted by Crippen LogP contribution is 2.13. The van der Waals surface area contributed by atoms with Gasteiger partial charge < -0.3 is 15.3 Å². The number of amides is 1. The zero-order chi connectivity index (χ0) is 17.2. The number of benzene rings is 1. The Morgan fingerprint density at radius 3 is 2.58 bits per heavy atom. The number of nitrogens with zero attached hydrogens (tertiary/aromatic N) is 1. The van der Waals surface area contributed by atoms with Crippen molar-refractivity contribution >= 4 is 5.91 Å². The van der Waals surface area contributed by atoms with Gasteiger partial charge in [-0.3, -0.25) is 4.79 Å². The van der Waals surface area contributed by atoms with Gasteiger partial charge >= 0.3 is 0 Å². The number of unbranched alkanes of at least 4 members (excludes halogenated alkanes) is 5. The van der Waals surface area contributed by atoms with Crippen LogP contribution in [0.1, 0.15) is 61.4 Å². The third-order valence-corrected chi connectivity index (χ3v) is 4.78. The van der Waals surface area contributed by atoms with Gasteiger partial charge in [0, 0.05) is 31.2 Å². The van der Waals surface area contributed by atoms with Crippen LogP contribution in [0.2, 0.25) is 0 Å². The van der Waals surface area contributed by atoms with Crippen molar-refractivity contribution in [2.24, 2.45) is 0 Å². The van der Waals surface area contributed by atoms with Crippen molar-refractivity contribution in [3.8, 4) is 0 Å². The zero-order valence-corrected chi connectivity index (χ0v) is 15.0. The fourth-order valence-corrected chi connectivity index (χ4v) is 3.24. The Morgan fingerprint density at radius 1 is 1.17 bits per heavy atom. The number of nitrogens with one attached hydrogen (secondary N) is 1. The van der Waals surface area contributed by atoms with E-state index in [-0.39, 0.29) is 18.6 Å². The number of hydrogen-bond donors (Lipinski definition) is 2. The summed E-state index contributed by atoms with van der Waals surface area (Å²) >= 11 is 0. The molecule has 0 radical (unpaired) electrons. The summed E-state index contributed by atoms with van der Waals surface area (Å²) in [5.74, 6) is 0.0704. The Morgan fingerprint density at radius 2 is 1.88 bits per heavy atom. The second-order valence-electron chi connectivity index (χ2n) is 6.80. The smallest absolute Gasteiger partial charge is 0.253 e. The van der Waals surface area contributed by atoms with Crippen LogP contribution < -0.4 is 5.32 Å². The molecule has 0 saturated carbocycles. The van der Waals surface area contributed by atoms with Gasteiger partial charge in [-0.05, 0) is 30.5 Å². The summed E-state index contributed by atoms with van der Waals surface area (Å²) in [6.07, 6.45) is 8.95. The number of rotatable bonds is 9. The fraction of sp³-hybridized carbons (Fsp3) is 0.650. The second kappa shape index (κ2) is 10.5. The third kappa shape index (κ3) is 5.91. The number of aliphatic hydroxyl groups is 1. The number of aliphatic hydroxyl groups excluding tert-OH is 1. The molecule has 4 nitrogen and oxygen atoms in total. The highest BCUT2D eigenvalue weighted by molar-refractivity contribution is 5.94. The summed E-state index contributed by atoms with van der Waals surface area (Å²) in [7, 11) is 0. The van der Waals surface area contributed by atoms with E-state index in [0.717, 1.165) is 18.5 Å². The average molecular weight is 332 g/mol. The molecule has 0 spiro atoms. The summed E-state index contributed by atoms with van der Waals surface area (Å²) < 4.78 is 0. The Kier molecular flexibility index (Phi) is 8.26. The molecule has 2 N–H and O–H groups in total. The van der Waals surface area contributed by atoms with E-state index in [1.165, 1.54) is 44.1 Å². The first-order valence-corrected chi connectivity index (χ1v) is 9.47. The van der Waals surface area contributed by atoms with Crippen molar-refractivity contribution in [1.29, 1.82) is 0 Å². The predicted octanol–water partition coefficient (Wildman–Crippen LogP) is 3.00. The SMILES string of the molecule is CCCCCCCCc1ccc(C(=O)N2CCNC(CO)C2)cc1. The van der Waals surface area contributed by atoms with E-state index in [2.05, 4.69) is 24.4 Å². The maximum Gasteiger partial charge on any atom is 0.253 e. The lowest BCUT2D eigenvalue weighted by atomic mass is 10.0. The minimum atomic E-state index is -0.00492. The molecular formula is C20H32N2O2. The Labute approximate surface area is 146 Å². The normalized spacial score (nSPS) is 17.9. The van der Waals surface area contributed by atoms with Gasteiger partial charge in [0.2, 0.25) is 0 Å². The molecule has 1 amide bonds. The summed E-state index contributed by atoms with van der Waals surface area (Å²) in [6.45, 7) is 4.34. The predicted molar refractivity (Wildman–Crippen MR) is 98.3 cm³/mol. The van der Waals surface area contributed by atoms with Crippen LogP contribution in [0.4, 0.5) is 0 Å². The molecular weight excluding hydrogens is 300 g/mol. The molecule has 4 heteroatoms. The number of carbonyl (C=O) groups is 1. The van der Waals surface area contributed by atoms with Crippen LogP contribution in [0.5, 0.6) is 0 Å². The monoisotopic (exact) mass is 332 g/mol. The molecule has 1 saturated heterocycles. The van der Waals surface area contributed by atoms with E-state index in [0.29, 0.717) is 13.1 Å². The van der Waals surface area contributed by atoms with Crippen LogP contribution in [0.25, 0.3) is 0 Å². The van der Waals surface area contributed by atoms with Gasteiger partial charge in [0.1, 0.15) is 0 Å². The van der Waals surface area contributed by atoms with Crippen LogP contribution in [0, 0.1) is 0 Å². The minimum Gasteiger partial charge on any atom is -0.395 e. The topological polar surface area (TPSA) is 52.6 Å². The highest BCUT2D eigenvalue weighted by atomic mass is 16.3. The number of hydrogen-bond acceptors (Lipinski definition) is 3. The molecule has 1 unspecified atom stereocenters. The molecule has 1 heterocycles. The molecule has 0 aliphatic carbocycles. The zero-order valence-electron chi connectivity index (χ0n) is 15.0. The molecule has 0 aromatic heterocycles. The Balaban J connectivity index is 1.77. The van der Waals surface area contributed by atoms with Crippen molar-refractivity contribution in [2.75, 3.05) is 26.2 Å². The van der Waals surface area contributed by atoms with Gasteiger partial charge in [-0.2, -0.15) is 0 Å². The third-order valence-electron chi connectivity index (χ3n) is 4.78. The number of piperazine rings is 1. The summed E-state index contributed by atoms with van der Waals surface area (Å²) in [5.41, 5.74) is 2.07. The van der Waals surface area contributed by atoms with Crippen molar-refractivity contribution in [1.82, 2.24) is 10.2 Å². The highest BCUT2D eigenvalue weighted by Gasteiger charge is 2.23. The quantitative estimate of drug-likeness (QED) is 0.684. The van der Waals surface area contributed by atoms with Crippen molar-refractivity contribution in [3.05, 3.63) is 35.4 Å². The molecule has 1 aromatic carbocycles. The largest absolute Gasteiger partial charge is 0.395 e. The molecule has 2 rings (SSSR count). The van der Waals surface area contributed by atoms with E-state index in [1.54, 1.807) is 0 Å². The van der Waals surface area contributed by atoms with Gasteiger partial charge in [0.25, 0.3) is 5.91 Å². The molecule has 1 fully saturated rings. The van der Waals surface area contributed by atoms with E-state index >= 15 is 0 Å². The molecule has 1 aliphatic rings. The molecule has 1 aromatic rings. The van der Waals surface area contributed by atoms with Gasteiger partial charge in [-0.1, -0.05) is 51.2 Å². The average Bonchev–Trinajstić information content (AvgIpc) is 2.64. The standard InChI is InChI=1S/C20H32N2O2/c1-2-3-4-5-6-7-8-17-9-11-18(12-10-17)20(24)22-14-13-21-19(15-22)16-23/h9-12,19,21,23H,2-8,13-16H2,1H3. The van der Waals surface area contributed by atoms with E-state index < -0.39 is 0 Å². The minimum absolute atomic E-state index is 0.00492. The molecule has 1 atom stereocenters. The van der Waals surface area contributed by atoms with Crippen LogP contribution in [-0.2, 0) is 6.42 Å². The van der Waals surface area contributed by atoms with E-state index in [1.807, 2.05) is 17.0 Å². The summed E-state index contributed by atoms with van der Waals surface area (Å²) in [4.78, 5) is 14.4. The van der Waals surface area contributed by atoms with Crippen LogP contribution in [-0.4, -0.2) is 48.2 Å². The van der Waals surface area contributed by atoms with Crippen LogP contribution in [0.3, 0.4) is 0 Å². The van der Waals surface area contributed by atoms with Crippen molar-refractivity contribution < 1.29 is 9.90 Å². The first kappa shape index (κ1) is 18.9. The summed E-state index contributed by atoms with van der Waals surface area (Å²) in [6, 6.07) is 8.07.